The van der Waals surface area contributed by atoms with Gasteiger partial charge in [-0.05, 0) is 35.6 Å². The monoisotopic (exact) mass is 469 g/mol. The van der Waals surface area contributed by atoms with Crippen molar-refractivity contribution in [3.05, 3.63) is 65.7 Å². The predicted molar refractivity (Wildman–Crippen MR) is 132 cm³/mol. The second-order valence-corrected chi connectivity index (χ2v) is 12.1. The first-order valence-electron chi connectivity index (χ1n) is 11.8. The molecule has 178 valence electrons. The van der Waals surface area contributed by atoms with Gasteiger partial charge in [0.1, 0.15) is 0 Å². The van der Waals surface area contributed by atoms with E-state index in [1.54, 1.807) is 11.2 Å². The summed E-state index contributed by atoms with van der Waals surface area (Å²) in [6, 6.07) is 17.6. The Hall–Kier alpha value is -2.38. The summed E-state index contributed by atoms with van der Waals surface area (Å²) in [4.78, 5) is 16.0. The van der Waals surface area contributed by atoms with E-state index in [4.69, 9.17) is 0 Å². The fourth-order valence-electron chi connectivity index (χ4n) is 4.98. The highest BCUT2D eigenvalue weighted by Gasteiger charge is 2.48. The van der Waals surface area contributed by atoms with Gasteiger partial charge in [-0.1, -0.05) is 56.3 Å². The van der Waals surface area contributed by atoms with Crippen LogP contribution < -0.4 is 4.90 Å². The van der Waals surface area contributed by atoms with Crippen LogP contribution in [0.2, 0.25) is 0 Å². The molecule has 4 rings (SSSR count). The molecule has 2 heterocycles. The molecule has 1 amide bonds. The van der Waals surface area contributed by atoms with Gasteiger partial charge in [0, 0.05) is 57.3 Å². The number of sulfonamides is 1. The summed E-state index contributed by atoms with van der Waals surface area (Å²) in [5, 5.41) is 0. The molecule has 2 aromatic carbocycles. The summed E-state index contributed by atoms with van der Waals surface area (Å²) in [6.45, 7) is 10.3. The predicted octanol–water partition coefficient (Wildman–Crippen LogP) is 3.73. The van der Waals surface area contributed by atoms with E-state index in [2.05, 4.69) is 17.0 Å². The Labute approximate surface area is 198 Å². The quantitative estimate of drug-likeness (QED) is 0.591. The van der Waals surface area contributed by atoms with Crippen LogP contribution in [0.3, 0.4) is 0 Å². The smallest absolute Gasteiger partial charge is 0.219 e. The van der Waals surface area contributed by atoms with Gasteiger partial charge in [0.25, 0.3) is 0 Å². The van der Waals surface area contributed by atoms with Crippen molar-refractivity contribution in [2.24, 2.45) is 11.3 Å². The lowest BCUT2D eigenvalue weighted by Gasteiger charge is -2.49. The summed E-state index contributed by atoms with van der Waals surface area (Å²) >= 11 is 0. The summed E-state index contributed by atoms with van der Waals surface area (Å²) in [5.41, 5.74) is 3.20. The zero-order valence-corrected chi connectivity index (χ0v) is 20.7. The van der Waals surface area contributed by atoms with Gasteiger partial charge in [0.05, 0.1) is 5.75 Å². The molecular weight excluding hydrogens is 434 g/mol. The zero-order valence-electron chi connectivity index (χ0n) is 19.9. The largest absolute Gasteiger partial charge is 0.370 e. The maximum atomic E-state index is 13.2. The van der Waals surface area contributed by atoms with Gasteiger partial charge >= 0.3 is 0 Å². The molecular formula is C26H35N3O3S. The van der Waals surface area contributed by atoms with Gasteiger partial charge in [0.2, 0.25) is 15.9 Å². The third kappa shape index (κ3) is 5.58. The second-order valence-electron chi connectivity index (χ2n) is 10.1. The molecule has 2 aliphatic heterocycles. The number of nitrogens with zero attached hydrogens (tertiary/aromatic N) is 3. The maximum Gasteiger partial charge on any atom is 0.219 e. The van der Waals surface area contributed by atoms with Gasteiger partial charge in [-0.25, -0.2) is 8.42 Å². The van der Waals surface area contributed by atoms with Crippen molar-refractivity contribution in [3.8, 4) is 0 Å². The van der Waals surface area contributed by atoms with Crippen LogP contribution in [0.5, 0.6) is 0 Å². The number of hydrogen-bond donors (Lipinski definition) is 0. The number of amides is 1. The Kier molecular flexibility index (Phi) is 6.82. The van der Waals surface area contributed by atoms with E-state index in [-0.39, 0.29) is 23.0 Å². The molecule has 0 aliphatic carbocycles. The van der Waals surface area contributed by atoms with Gasteiger partial charge in [0.15, 0.2) is 0 Å². The first-order chi connectivity index (χ1) is 15.7. The minimum absolute atomic E-state index is 0.0196. The molecule has 2 aliphatic rings. The summed E-state index contributed by atoms with van der Waals surface area (Å²) in [5.74, 6) is 0.433. The number of carbonyl (C=O) groups excluding carboxylic acids is 1. The molecule has 2 aromatic rings. The average Bonchev–Trinajstić information content (AvgIpc) is 3.19. The summed E-state index contributed by atoms with van der Waals surface area (Å²) < 4.78 is 28.0. The van der Waals surface area contributed by atoms with Crippen molar-refractivity contribution in [1.29, 1.82) is 0 Å². The molecule has 0 unspecified atom stereocenters. The van der Waals surface area contributed by atoms with Crippen LogP contribution in [0.1, 0.15) is 38.3 Å². The number of likely N-dealkylation sites (tertiary alicyclic amines) is 1. The first-order valence-corrected chi connectivity index (χ1v) is 13.4. The SMILES string of the molecule is CC(=O)N1CCC2(C1)CN(c1ccc(CN(CC(C)C)S(=O)(=O)Cc3ccccc3)cc1)C2. The summed E-state index contributed by atoms with van der Waals surface area (Å²) in [6.07, 6.45) is 1.07. The van der Waals surface area contributed by atoms with E-state index in [1.807, 2.05) is 61.2 Å². The Bertz CT molecular complexity index is 1060. The molecule has 0 aromatic heterocycles. The lowest BCUT2D eigenvalue weighted by atomic mass is 9.78. The number of carbonyl (C=O) groups is 1. The standard InChI is InChI=1S/C26H35N3O3S/c1-21(2)15-29(33(31,32)17-24-7-5-4-6-8-24)16-23-9-11-25(12-10-23)28-19-26(20-28)13-14-27(18-26)22(3)30/h4-12,21H,13-20H2,1-3H3. The van der Waals surface area contributed by atoms with E-state index in [1.165, 1.54) is 0 Å². The van der Waals surface area contributed by atoms with Crippen molar-refractivity contribution < 1.29 is 13.2 Å². The third-order valence-electron chi connectivity index (χ3n) is 6.75. The van der Waals surface area contributed by atoms with Crippen LogP contribution in [-0.2, 0) is 27.1 Å². The van der Waals surface area contributed by atoms with Crippen molar-refractivity contribution in [2.45, 2.75) is 39.5 Å². The second kappa shape index (κ2) is 9.47. The molecule has 0 saturated carbocycles. The highest BCUT2D eigenvalue weighted by Crippen LogP contribution is 2.41. The number of hydrogen-bond acceptors (Lipinski definition) is 4. The maximum absolute atomic E-state index is 13.2. The number of benzene rings is 2. The fourth-order valence-corrected chi connectivity index (χ4v) is 6.65. The Morgan fingerprint density at radius 2 is 1.67 bits per heavy atom. The molecule has 0 radical (unpaired) electrons. The molecule has 0 N–H and O–H groups in total. The highest BCUT2D eigenvalue weighted by atomic mass is 32.2. The molecule has 0 bridgehead atoms. The highest BCUT2D eigenvalue weighted by molar-refractivity contribution is 7.88. The van der Waals surface area contributed by atoms with E-state index in [0.717, 1.165) is 49.4 Å². The molecule has 33 heavy (non-hydrogen) atoms. The lowest BCUT2D eigenvalue weighted by Crippen LogP contribution is -2.57. The van der Waals surface area contributed by atoms with Crippen LogP contribution in [0.15, 0.2) is 54.6 Å². The van der Waals surface area contributed by atoms with Gasteiger partial charge < -0.3 is 9.80 Å². The van der Waals surface area contributed by atoms with Crippen LogP contribution in [0.25, 0.3) is 0 Å². The Morgan fingerprint density at radius 3 is 2.24 bits per heavy atom. The Balaban J connectivity index is 1.39. The van der Waals surface area contributed by atoms with E-state index in [9.17, 15) is 13.2 Å². The minimum atomic E-state index is -3.43. The third-order valence-corrected chi connectivity index (χ3v) is 8.51. The lowest BCUT2D eigenvalue weighted by molar-refractivity contribution is -0.128. The van der Waals surface area contributed by atoms with E-state index >= 15 is 0 Å². The number of anilines is 1. The molecule has 2 saturated heterocycles. The summed E-state index contributed by atoms with van der Waals surface area (Å²) in [7, 11) is -3.43. The normalized spacial score (nSPS) is 17.7. The molecule has 6 nitrogen and oxygen atoms in total. The Morgan fingerprint density at radius 1 is 1.00 bits per heavy atom. The van der Waals surface area contributed by atoms with Crippen molar-refractivity contribution in [3.63, 3.8) is 0 Å². The fraction of sp³-hybridized carbons (Fsp3) is 0.500. The van der Waals surface area contributed by atoms with Crippen LogP contribution in [0.4, 0.5) is 5.69 Å². The van der Waals surface area contributed by atoms with Crippen molar-refractivity contribution in [2.75, 3.05) is 37.6 Å². The average molecular weight is 470 g/mol. The van der Waals surface area contributed by atoms with Crippen molar-refractivity contribution >= 4 is 21.6 Å². The topological polar surface area (TPSA) is 60.9 Å². The zero-order chi connectivity index (χ0) is 23.6. The molecule has 7 heteroatoms. The molecule has 1 spiro atoms. The first kappa shape index (κ1) is 23.8. The van der Waals surface area contributed by atoms with Crippen LogP contribution >= 0.6 is 0 Å². The van der Waals surface area contributed by atoms with E-state index in [0.29, 0.717) is 13.1 Å². The van der Waals surface area contributed by atoms with Gasteiger partial charge in [-0.2, -0.15) is 4.31 Å². The van der Waals surface area contributed by atoms with Crippen LogP contribution in [-0.4, -0.2) is 56.3 Å². The van der Waals surface area contributed by atoms with Crippen LogP contribution in [0, 0.1) is 11.3 Å². The minimum Gasteiger partial charge on any atom is -0.370 e. The molecule has 0 atom stereocenters. The van der Waals surface area contributed by atoms with Crippen molar-refractivity contribution in [1.82, 2.24) is 9.21 Å². The van der Waals surface area contributed by atoms with Gasteiger partial charge in [-0.3, -0.25) is 4.79 Å². The van der Waals surface area contributed by atoms with E-state index < -0.39 is 10.0 Å². The number of rotatable bonds is 8. The molecule has 2 fully saturated rings. The van der Waals surface area contributed by atoms with Gasteiger partial charge in [-0.15, -0.1) is 0 Å².